The first kappa shape index (κ1) is 20.0. The van der Waals surface area contributed by atoms with E-state index in [1.165, 1.54) is 18.4 Å². The van der Waals surface area contributed by atoms with Gasteiger partial charge in [0.15, 0.2) is 9.84 Å². The first-order valence-electron chi connectivity index (χ1n) is 9.50. The van der Waals surface area contributed by atoms with Gasteiger partial charge < -0.3 is 0 Å². The van der Waals surface area contributed by atoms with Gasteiger partial charge >= 0.3 is 0 Å². The van der Waals surface area contributed by atoms with Crippen molar-refractivity contribution in [3.8, 4) is 11.3 Å². The molecular formula is C24H21FN2O2S. The zero-order valence-electron chi connectivity index (χ0n) is 16.7. The molecule has 0 aliphatic heterocycles. The SMILES string of the molecule is Cc1cc(-c2ccccc2)nn1C(c1ccc(F)cc1)c1ccc(S(C)(=O)=O)cc1. The van der Waals surface area contributed by atoms with Crippen LogP contribution in [0.2, 0.25) is 0 Å². The van der Waals surface area contributed by atoms with Crippen LogP contribution in [0.25, 0.3) is 11.3 Å². The van der Waals surface area contributed by atoms with Gasteiger partial charge in [0, 0.05) is 17.5 Å². The predicted octanol–water partition coefficient (Wildman–Crippen LogP) is 5.04. The Bertz CT molecular complexity index is 1260. The van der Waals surface area contributed by atoms with Crippen LogP contribution < -0.4 is 0 Å². The molecule has 0 bridgehead atoms. The highest BCUT2D eigenvalue weighted by Gasteiger charge is 2.21. The molecule has 152 valence electrons. The monoisotopic (exact) mass is 420 g/mol. The Morgan fingerprint density at radius 2 is 1.43 bits per heavy atom. The van der Waals surface area contributed by atoms with Crippen molar-refractivity contribution in [3.63, 3.8) is 0 Å². The third-order valence-corrected chi connectivity index (χ3v) is 6.17. The fourth-order valence-corrected chi connectivity index (χ4v) is 4.15. The highest BCUT2D eigenvalue weighted by Crippen LogP contribution is 2.30. The van der Waals surface area contributed by atoms with Gasteiger partial charge in [0.1, 0.15) is 11.9 Å². The van der Waals surface area contributed by atoms with E-state index in [4.69, 9.17) is 5.10 Å². The summed E-state index contributed by atoms with van der Waals surface area (Å²) in [4.78, 5) is 0.256. The molecule has 1 heterocycles. The van der Waals surface area contributed by atoms with E-state index in [0.717, 1.165) is 28.1 Å². The van der Waals surface area contributed by atoms with Crippen molar-refractivity contribution in [1.29, 1.82) is 0 Å². The van der Waals surface area contributed by atoms with Crippen LogP contribution in [0.5, 0.6) is 0 Å². The summed E-state index contributed by atoms with van der Waals surface area (Å²) in [7, 11) is -3.29. The molecule has 1 atom stereocenters. The lowest BCUT2D eigenvalue weighted by Gasteiger charge is -2.21. The molecule has 0 saturated heterocycles. The summed E-state index contributed by atoms with van der Waals surface area (Å²) in [5.41, 5.74) is 4.50. The van der Waals surface area contributed by atoms with Gasteiger partial charge in [-0.1, -0.05) is 54.6 Å². The number of sulfone groups is 1. The van der Waals surface area contributed by atoms with Crippen molar-refractivity contribution in [2.45, 2.75) is 17.9 Å². The highest BCUT2D eigenvalue weighted by molar-refractivity contribution is 7.90. The molecule has 0 radical (unpaired) electrons. The molecule has 3 aromatic carbocycles. The Morgan fingerprint density at radius 3 is 2.00 bits per heavy atom. The molecule has 0 saturated carbocycles. The first-order chi connectivity index (χ1) is 14.3. The largest absolute Gasteiger partial charge is 0.257 e. The highest BCUT2D eigenvalue weighted by atomic mass is 32.2. The number of aromatic nitrogens is 2. The molecule has 4 nitrogen and oxygen atoms in total. The second-order valence-corrected chi connectivity index (χ2v) is 9.29. The van der Waals surface area contributed by atoms with Gasteiger partial charge in [0.05, 0.1) is 10.6 Å². The second-order valence-electron chi connectivity index (χ2n) is 7.28. The van der Waals surface area contributed by atoms with Crippen molar-refractivity contribution in [1.82, 2.24) is 9.78 Å². The van der Waals surface area contributed by atoms with Gasteiger partial charge in [-0.25, -0.2) is 12.8 Å². The summed E-state index contributed by atoms with van der Waals surface area (Å²) in [6, 6.07) is 24.6. The lowest BCUT2D eigenvalue weighted by atomic mass is 9.98. The van der Waals surface area contributed by atoms with Crippen LogP contribution in [-0.2, 0) is 9.84 Å². The maximum atomic E-state index is 13.6. The molecule has 0 amide bonds. The topological polar surface area (TPSA) is 52.0 Å². The number of nitrogens with zero attached hydrogens (tertiary/aromatic N) is 2. The second kappa shape index (κ2) is 7.88. The van der Waals surface area contributed by atoms with E-state index < -0.39 is 9.84 Å². The smallest absolute Gasteiger partial charge is 0.175 e. The van der Waals surface area contributed by atoms with Crippen LogP contribution in [0.3, 0.4) is 0 Å². The average Bonchev–Trinajstić information content (AvgIpc) is 3.11. The number of halogens is 1. The molecular weight excluding hydrogens is 399 g/mol. The Balaban J connectivity index is 1.85. The Morgan fingerprint density at radius 1 is 0.867 bits per heavy atom. The van der Waals surface area contributed by atoms with E-state index in [1.54, 1.807) is 36.4 Å². The molecule has 6 heteroatoms. The van der Waals surface area contributed by atoms with E-state index in [1.807, 2.05) is 48.0 Å². The third kappa shape index (κ3) is 4.04. The standard InChI is InChI=1S/C24H21FN2O2S/c1-17-16-23(18-6-4-3-5-7-18)26-27(17)24(19-8-12-21(25)13-9-19)20-10-14-22(15-11-20)30(2,28)29/h3-16,24H,1-2H3. The zero-order valence-corrected chi connectivity index (χ0v) is 17.5. The van der Waals surface area contributed by atoms with Gasteiger partial charge in [-0.3, -0.25) is 4.68 Å². The van der Waals surface area contributed by atoms with Gasteiger partial charge in [0.2, 0.25) is 0 Å². The van der Waals surface area contributed by atoms with Crippen LogP contribution in [0.4, 0.5) is 4.39 Å². The maximum Gasteiger partial charge on any atom is 0.175 e. The minimum atomic E-state index is -3.29. The van der Waals surface area contributed by atoms with Crippen LogP contribution in [0.15, 0.2) is 89.8 Å². The first-order valence-corrected chi connectivity index (χ1v) is 11.4. The number of hydrogen-bond donors (Lipinski definition) is 0. The minimum absolute atomic E-state index is 0.256. The van der Waals surface area contributed by atoms with Crippen LogP contribution in [0, 0.1) is 12.7 Å². The molecule has 0 aliphatic carbocycles. The Kier molecular flexibility index (Phi) is 5.26. The quantitative estimate of drug-likeness (QED) is 0.455. The summed E-state index contributed by atoms with van der Waals surface area (Å²) >= 11 is 0. The number of hydrogen-bond acceptors (Lipinski definition) is 3. The Hall–Kier alpha value is -3.25. The number of benzene rings is 3. The van der Waals surface area contributed by atoms with E-state index in [2.05, 4.69) is 0 Å². The molecule has 4 aromatic rings. The fraction of sp³-hybridized carbons (Fsp3) is 0.125. The summed E-state index contributed by atoms with van der Waals surface area (Å²) in [5.74, 6) is -0.313. The summed E-state index contributed by atoms with van der Waals surface area (Å²) < 4.78 is 39.1. The maximum absolute atomic E-state index is 13.6. The average molecular weight is 421 g/mol. The van der Waals surface area contributed by atoms with Crippen molar-refractivity contribution >= 4 is 9.84 Å². The van der Waals surface area contributed by atoms with Crippen LogP contribution in [0.1, 0.15) is 22.9 Å². The molecule has 0 aliphatic rings. The van der Waals surface area contributed by atoms with Crippen LogP contribution in [-0.4, -0.2) is 24.5 Å². The third-order valence-electron chi connectivity index (χ3n) is 5.05. The zero-order chi connectivity index (χ0) is 21.3. The van der Waals surface area contributed by atoms with Crippen LogP contribution >= 0.6 is 0 Å². The molecule has 1 unspecified atom stereocenters. The normalized spacial score (nSPS) is 12.6. The van der Waals surface area contributed by atoms with E-state index >= 15 is 0 Å². The van der Waals surface area contributed by atoms with Crippen molar-refractivity contribution in [2.75, 3.05) is 6.26 Å². The lowest BCUT2D eigenvalue weighted by molar-refractivity contribution is 0.576. The van der Waals surface area contributed by atoms with Crippen molar-refractivity contribution in [2.24, 2.45) is 0 Å². The molecule has 30 heavy (non-hydrogen) atoms. The minimum Gasteiger partial charge on any atom is -0.257 e. The van der Waals surface area contributed by atoms with Crippen molar-refractivity contribution < 1.29 is 12.8 Å². The molecule has 1 aromatic heterocycles. The van der Waals surface area contributed by atoms with Gasteiger partial charge in [-0.2, -0.15) is 5.10 Å². The molecule has 0 spiro atoms. The van der Waals surface area contributed by atoms with E-state index in [0.29, 0.717) is 0 Å². The lowest BCUT2D eigenvalue weighted by Crippen LogP contribution is -2.15. The Labute approximate surface area is 175 Å². The predicted molar refractivity (Wildman–Crippen MR) is 116 cm³/mol. The molecule has 0 N–H and O–H groups in total. The molecule has 0 fully saturated rings. The fourth-order valence-electron chi connectivity index (χ4n) is 3.52. The number of aryl methyl sites for hydroxylation is 1. The van der Waals surface area contributed by atoms with E-state index in [9.17, 15) is 12.8 Å². The summed E-state index contributed by atoms with van der Waals surface area (Å²) in [6.07, 6.45) is 1.18. The number of rotatable bonds is 5. The van der Waals surface area contributed by atoms with Gasteiger partial charge in [-0.15, -0.1) is 0 Å². The van der Waals surface area contributed by atoms with Gasteiger partial charge in [0.25, 0.3) is 0 Å². The van der Waals surface area contributed by atoms with E-state index in [-0.39, 0.29) is 16.8 Å². The van der Waals surface area contributed by atoms with Gasteiger partial charge in [-0.05, 0) is 48.4 Å². The van der Waals surface area contributed by atoms with Crippen molar-refractivity contribution in [3.05, 3.63) is 108 Å². The summed E-state index contributed by atoms with van der Waals surface area (Å²) in [5, 5.41) is 4.83. The molecule has 4 rings (SSSR count). The summed E-state index contributed by atoms with van der Waals surface area (Å²) in [6.45, 7) is 1.97.